The summed E-state index contributed by atoms with van der Waals surface area (Å²) in [6.07, 6.45) is 2.29. The summed E-state index contributed by atoms with van der Waals surface area (Å²) in [6, 6.07) is 6.71. The molecule has 0 radical (unpaired) electrons. The van der Waals surface area contributed by atoms with Gasteiger partial charge in [-0.1, -0.05) is 24.3 Å². The molecule has 0 unspecified atom stereocenters. The Hall–Kier alpha value is -3.14. The molecule has 1 aliphatic rings. The first kappa shape index (κ1) is 22.1. The Morgan fingerprint density at radius 1 is 1.31 bits per heavy atom. The van der Waals surface area contributed by atoms with Crippen molar-refractivity contribution in [1.29, 1.82) is 0 Å². The molecule has 1 atom stereocenters. The zero-order chi connectivity index (χ0) is 22.7. The third-order valence-electron chi connectivity index (χ3n) is 5.38. The van der Waals surface area contributed by atoms with Crippen molar-refractivity contribution >= 4 is 27.3 Å². The third-order valence-corrected chi connectivity index (χ3v) is 6.35. The molecule has 4 rings (SSSR count). The normalized spacial score (nSPS) is 16.2. The highest BCUT2D eigenvalue weighted by molar-refractivity contribution is 7.20. The Kier molecular flexibility index (Phi) is 6.59. The summed E-state index contributed by atoms with van der Waals surface area (Å²) in [5.41, 5.74) is 0.563. The number of aromatic nitrogens is 3. The van der Waals surface area contributed by atoms with Crippen LogP contribution in [0.25, 0.3) is 4.96 Å². The molecule has 9 nitrogen and oxygen atoms in total. The summed E-state index contributed by atoms with van der Waals surface area (Å²) in [5, 5.41) is 8.25. The van der Waals surface area contributed by atoms with Gasteiger partial charge in [-0.2, -0.15) is 9.50 Å². The van der Waals surface area contributed by atoms with Crippen molar-refractivity contribution in [2.24, 2.45) is 5.92 Å². The lowest BCUT2D eigenvalue weighted by Crippen LogP contribution is -2.34. The first-order chi connectivity index (χ1) is 15.5. The van der Waals surface area contributed by atoms with E-state index in [2.05, 4.69) is 27.2 Å². The number of methoxy groups -OCH3 is 1. The van der Waals surface area contributed by atoms with E-state index in [0.29, 0.717) is 29.0 Å². The number of carbonyl (C=O) groups excluding carboxylic acids is 1. The van der Waals surface area contributed by atoms with E-state index < -0.39 is 11.5 Å². The minimum atomic E-state index is -0.458. The summed E-state index contributed by atoms with van der Waals surface area (Å²) in [5.74, 6) is 1.44. The zero-order valence-corrected chi connectivity index (χ0v) is 19.3. The number of hydrogen-bond donors (Lipinski definition) is 1. The Morgan fingerprint density at radius 2 is 2.16 bits per heavy atom. The van der Waals surface area contributed by atoms with E-state index in [9.17, 15) is 9.59 Å². The van der Waals surface area contributed by atoms with Gasteiger partial charge in [0.1, 0.15) is 5.69 Å². The van der Waals surface area contributed by atoms with E-state index in [1.807, 2.05) is 19.1 Å². The second kappa shape index (κ2) is 9.56. The van der Waals surface area contributed by atoms with Gasteiger partial charge in [0.15, 0.2) is 11.5 Å². The molecular formula is C22H27N5O4S. The van der Waals surface area contributed by atoms with Crippen LogP contribution >= 0.6 is 11.3 Å². The van der Waals surface area contributed by atoms with Crippen LogP contribution in [0.15, 0.2) is 29.1 Å². The quantitative estimate of drug-likeness (QED) is 0.582. The highest BCUT2D eigenvalue weighted by Gasteiger charge is 2.22. The van der Waals surface area contributed by atoms with Crippen molar-refractivity contribution in [3.8, 4) is 11.5 Å². The highest BCUT2D eigenvalue weighted by atomic mass is 32.1. The maximum Gasteiger partial charge on any atom is 0.274 e. The van der Waals surface area contributed by atoms with Crippen molar-refractivity contribution in [3.05, 3.63) is 45.9 Å². The number of nitrogens with one attached hydrogen (secondary N) is 1. The van der Waals surface area contributed by atoms with Crippen molar-refractivity contribution in [1.82, 2.24) is 19.9 Å². The fourth-order valence-electron chi connectivity index (χ4n) is 3.83. The average Bonchev–Trinajstić information content (AvgIpc) is 3.21. The molecule has 0 bridgehead atoms. The number of fused-ring (bicyclic) bond motifs is 1. The number of benzene rings is 1. The van der Waals surface area contributed by atoms with E-state index in [4.69, 9.17) is 9.47 Å². The number of carbonyl (C=O) groups is 1. The predicted molar refractivity (Wildman–Crippen MR) is 123 cm³/mol. The summed E-state index contributed by atoms with van der Waals surface area (Å²) in [4.78, 5) is 31.8. The van der Waals surface area contributed by atoms with Gasteiger partial charge in [-0.05, 0) is 43.4 Å². The Bertz CT molecular complexity index is 1170. The van der Waals surface area contributed by atoms with Gasteiger partial charge < -0.3 is 19.7 Å². The SMILES string of the molecule is CCOc1cc(CNC(=O)c2cc(=O)nc3sc(N4CCC[C@H](C)C4)nn23)ccc1OC. The van der Waals surface area contributed by atoms with Crippen LogP contribution < -0.4 is 25.2 Å². The molecule has 1 aromatic carbocycles. The monoisotopic (exact) mass is 457 g/mol. The third kappa shape index (κ3) is 4.69. The Morgan fingerprint density at radius 3 is 2.91 bits per heavy atom. The number of ether oxygens (including phenoxy) is 2. The van der Waals surface area contributed by atoms with E-state index in [1.54, 1.807) is 13.2 Å². The van der Waals surface area contributed by atoms with Gasteiger partial charge in [0, 0.05) is 25.7 Å². The van der Waals surface area contributed by atoms with E-state index in [1.165, 1.54) is 28.3 Å². The topological polar surface area (TPSA) is 98.1 Å². The highest BCUT2D eigenvalue weighted by Crippen LogP contribution is 2.29. The first-order valence-corrected chi connectivity index (χ1v) is 11.5. The number of nitrogens with zero attached hydrogens (tertiary/aromatic N) is 4. The maximum atomic E-state index is 13.0. The molecule has 1 saturated heterocycles. The molecule has 10 heteroatoms. The van der Waals surface area contributed by atoms with Crippen LogP contribution in [-0.4, -0.2) is 47.3 Å². The maximum absolute atomic E-state index is 13.0. The predicted octanol–water partition coefficient (Wildman–Crippen LogP) is 2.72. The molecule has 0 spiro atoms. The molecule has 1 fully saturated rings. The number of rotatable bonds is 7. The summed E-state index contributed by atoms with van der Waals surface area (Å²) < 4.78 is 12.4. The first-order valence-electron chi connectivity index (χ1n) is 10.7. The second-order valence-corrected chi connectivity index (χ2v) is 8.79. The van der Waals surface area contributed by atoms with Gasteiger partial charge in [-0.3, -0.25) is 9.59 Å². The Balaban J connectivity index is 1.55. The smallest absolute Gasteiger partial charge is 0.274 e. The molecule has 1 aliphatic heterocycles. The van der Waals surface area contributed by atoms with Gasteiger partial charge in [-0.15, -0.1) is 5.10 Å². The molecule has 1 N–H and O–H groups in total. The minimum absolute atomic E-state index is 0.172. The van der Waals surface area contributed by atoms with Crippen LogP contribution in [0.1, 0.15) is 42.7 Å². The van der Waals surface area contributed by atoms with Crippen LogP contribution in [0.3, 0.4) is 0 Å². The van der Waals surface area contributed by atoms with Crippen LogP contribution in [0.2, 0.25) is 0 Å². The van der Waals surface area contributed by atoms with Gasteiger partial charge in [-0.25, -0.2) is 0 Å². The fraction of sp³-hybridized carbons (Fsp3) is 0.455. The number of hydrogen-bond acceptors (Lipinski definition) is 8. The summed E-state index contributed by atoms with van der Waals surface area (Å²) in [7, 11) is 1.58. The van der Waals surface area contributed by atoms with E-state index >= 15 is 0 Å². The van der Waals surface area contributed by atoms with E-state index in [-0.39, 0.29) is 12.2 Å². The lowest BCUT2D eigenvalue weighted by molar-refractivity contribution is 0.0943. The summed E-state index contributed by atoms with van der Waals surface area (Å²) >= 11 is 1.33. The number of amides is 1. The van der Waals surface area contributed by atoms with Crippen LogP contribution in [-0.2, 0) is 6.54 Å². The summed E-state index contributed by atoms with van der Waals surface area (Å²) in [6.45, 7) is 6.71. The van der Waals surface area contributed by atoms with Gasteiger partial charge in [0.05, 0.1) is 13.7 Å². The van der Waals surface area contributed by atoms with Crippen LogP contribution in [0.5, 0.6) is 11.5 Å². The van der Waals surface area contributed by atoms with Crippen LogP contribution in [0.4, 0.5) is 5.13 Å². The lowest BCUT2D eigenvalue weighted by atomic mass is 10.0. The number of anilines is 1. The number of piperidine rings is 1. The molecule has 3 heterocycles. The molecule has 0 saturated carbocycles. The van der Waals surface area contributed by atoms with Crippen molar-refractivity contribution in [2.45, 2.75) is 33.2 Å². The molecule has 32 heavy (non-hydrogen) atoms. The van der Waals surface area contributed by atoms with Crippen molar-refractivity contribution in [2.75, 3.05) is 31.7 Å². The second-order valence-electron chi connectivity index (χ2n) is 7.85. The molecule has 1 amide bonds. The van der Waals surface area contributed by atoms with E-state index in [0.717, 1.165) is 30.2 Å². The molecule has 170 valence electrons. The lowest BCUT2D eigenvalue weighted by Gasteiger charge is -2.30. The van der Waals surface area contributed by atoms with Crippen molar-refractivity contribution < 1.29 is 14.3 Å². The molecule has 3 aromatic rings. The fourth-order valence-corrected chi connectivity index (χ4v) is 4.77. The molecule has 0 aliphatic carbocycles. The standard InChI is InChI=1S/C22H27N5O4S/c1-4-31-18-10-15(7-8-17(18)30-3)12-23-20(29)16-11-19(28)24-21-27(16)25-22(32-21)26-9-5-6-14(2)13-26/h7-8,10-11,14H,4-6,9,12-13H2,1-3H3,(H,23,29)/t14-/m0/s1. The van der Waals surface area contributed by atoms with Gasteiger partial charge in [0.25, 0.3) is 11.5 Å². The average molecular weight is 458 g/mol. The van der Waals surface area contributed by atoms with Crippen molar-refractivity contribution in [3.63, 3.8) is 0 Å². The zero-order valence-electron chi connectivity index (χ0n) is 18.5. The van der Waals surface area contributed by atoms with Gasteiger partial charge >= 0.3 is 0 Å². The molecular weight excluding hydrogens is 430 g/mol. The largest absolute Gasteiger partial charge is 0.493 e. The molecule has 2 aromatic heterocycles. The Labute approximate surface area is 190 Å². The minimum Gasteiger partial charge on any atom is -0.493 e. The van der Waals surface area contributed by atoms with Gasteiger partial charge in [0.2, 0.25) is 10.1 Å². The van der Waals surface area contributed by atoms with Crippen LogP contribution in [0, 0.1) is 5.92 Å².